The van der Waals surface area contributed by atoms with Crippen LogP contribution in [0.2, 0.25) is 0 Å². The Morgan fingerprint density at radius 1 is 1.63 bits per heavy atom. The molecule has 7 heteroatoms. The van der Waals surface area contributed by atoms with Gasteiger partial charge in [-0.1, -0.05) is 0 Å². The van der Waals surface area contributed by atoms with Gasteiger partial charge in [0.1, 0.15) is 11.6 Å². The third-order valence-electron chi connectivity index (χ3n) is 3.89. The fraction of sp³-hybridized carbons (Fsp3) is 0.583. The summed E-state index contributed by atoms with van der Waals surface area (Å²) in [6, 6.07) is 1.77. The predicted molar refractivity (Wildman–Crippen MR) is 72.2 cm³/mol. The van der Waals surface area contributed by atoms with Crippen LogP contribution in [0.4, 0.5) is 5.82 Å². The summed E-state index contributed by atoms with van der Waals surface area (Å²) in [6.45, 7) is 4.45. The van der Waals surface area contributed by atoms with Crippen molar-refractivity contribution < 1.29 is 0 Å². The normalized spacial score (nSPS) is 18.5. The van der Waals surface area contributed by atoms with Gasteiger partial charge in [0.05, 0.1) is 5.54 Å². The van der Waals surface area contributed by atoms with Gasteiger partial charge in [0.25, 0.3) is 0 Å². The summed E-state index contributed by atoms with van der Waals surface area (Å²) in [5.74, 6) is 1.91. The number of aromatic nitrogens is 4. The van der Waals surface area contributed by atoms with E-state index < -0.39 is 0 Å². The highest BCUT2D eigenvalue weighted by atomic mass is 16.1. The highest BCUT2D eigenvalue weighted by Crippen LogP contribution is 2.40. The van der Waals surface area contributed by atoms with Crippen LogP contribution in [0.1, 0.15) is 25.6 Å². The number of fused-ring (bicyclic) bond motifs is 1. The number of nitrogens with zero attached hydrogens (tertiary/aromatic N) is 3. The van der Waals surface area contributed by atoms with E-state index in [0.29, 0.717) is 29.8 Å². The average molecular weight is 262 g/mol. The van der Waals surface area contributed by atoms with Crippen molar-refractivity contribution in [1.29, 1.82) is 0 Å². The topological polar surface area (TPSA) is 101 Å². The van der Waals surface area contributed by atoms with Crippen molar-refractivity contribution in [3.63, 3.8) is 0 Å². The van der Waals surface area contributed by atoms with Crippen LogP contribution < -0.4 is 16.7 Å². The number of nitrogens with one attached hydrogen (secondary N) is 2. The van der Waals surface area contributed by atoms with E-state index in [2.05, 4.69) is 27.4 Å². The summed E-state index contributed by atoms with van der Waals surface area (Å²) < 4.78 is 1.45. The summed E-state index contributed by atoms with van der Waals surface area (Å²) in [7, 11) is 0. The fourth-order valence-electron chi connectivity index (χ4n) is 2.49. The molecule has 7 nitrogen and oxygen atoms in total. The van der Waals surface area contributed by atoms with E-state index in [9.17, 15) is 4.79 Å². The van der Waals surface area contributed by atoms with Crippen molar-refractivity contribution in [2.45, 2.75) is 32.2 Å². The minimum Gasteiger partial charge on any atom is -0.363 e. The summed E-state index contributed by atoms with van der Waals surface area (Å²) >= 11 is 0. The number of aryl methyl sites for hydroxylation is 1. The van der Waals surface area contributed by atoms with Crippen LogP contribution in [0.25, 0.3) is 5.65 Å². The molecule has 102 valence electrons. The molecule has 3 rings (SSSR count). The van der Waals surface area contributed by atoms with Gasteiger partial charge in [-0.3, -0.25) is 0 Å². The minimum absolute atomic E-state index is 0.144. The van der Waals surface area contributed by atoms with Crippen molar-refractivity contribution in [2.75, 3.05) is 11.9 Å². The Labute approximate surface area is 110 Å². The van der Waals surface area contributed by atoms with E-state index in [1.807, 2.05) is 0 Å². The molecule has 1 unspecified atom stereocenters. The molecular weight excluding hydrogens is 244 g/mol. The predicted octanol–water partition coefficient (Wildman–Crippen LogP) is 0.265. The van der Waals surface area contributed by atoms with Crippen molar-refractivity contribution in [1.82, 2.24) is 19.6 Å². The number of rotatable bonds is 4. The van der Waals surface area contributed by atoms with Gasteiger partial charge in [-0.05, 0) is 32.6 Å². The zero-order valence-corrected chi connectivity index (χ0v) is 11.1. The van der Waals surface area contributed by atoms with Gasteiger partial charge in [0.15, 0.2) is 5.65 Å². The number of hydrogen-bond donors (Lipinski definition) is 3. The Morgan fingerprint density at radius 3 is 3.00 bits per heavy atom. The molecule has 0 aromatic carbocycles. The Hall–Kier alpha value is -1.89. The zero-order chi connectivity index (χ0) is 13.6. The molecule has 0 bridgehead atoms. The van der Waals surface area contributed by atoms with Gasteiger partial charge >= 0.3 is 5.69 Å². The van der Waals surface area contributed by atoms with Crippen LogP contribution >= 0.6 is 0 Å². The van der Waals surface area contributed by atoms with Crippen molar-refractivity contribution in [3.8, 4) is 0 Å². The van der Waals surface area contributed by atoms with Crippen LogP contribution in [0.3, 0.4) is 0 Å². The van der Waals surface area contributed by atoms with Gasteiger partial charge in [-0.25, -0.2) is 19.3 Å². The van der Waals surface area contributed by atoms with Crippen LogP contribution in [-0.4, -0.2) is 31.7 Å². The lowest BCUT2D eigenvalue weighted by Crippen LogP contribution is -2.45. The molecule has 1 fully saturated rings. The number of nitrogens with two attached hydrogens (primary N) is 1. The van der Waals surface area contributed by atoms with E-state index in [4.69, 9.17) is 5.73 Å². The molecule has 0 radical (unpaired) electrons. The zero-order valence-electron chi connectivity index (χ0n) is 11.1. The molecule has 1 aliphatic carbocycles. The molecule has 0 saturated heterocycles. The molecule has 19 heavy (non-hydrogen) atoms. The highest BCUT2D eigenvalue weighted by Gasteiger charge is 2.40. The van der Waals surface area contributed by atoms with Gasteiger partial charge in [-0.15, -0.1) is 0 Å². The molecule has 1 saturated carbocycles. The van der Waals surface area contributed by atoms with Crippen molar-refractivity contribution >= 4 is 11.5 Å². The molecule has 0 spiro atoms. The van der Waals surface area contributed by atoms with E-state index >= 15 is 0 Å². The molecule has 0 amide bonds. The lowest BCUT2D eigenvalue weighted by atomic mass is 9.96. The van der Waals surface area contributed by atoms with Crippen LogP contribution in [0.15, 0.2) is 10.9 Å². The first-order valence-electron chi connectivity index (χ1n) is 6.46. The monoisotopic (exact) mass is 262 g/mol. The largest absolute Gasteiger partial charge is 0.363 e. The number of anilines is 1. The first-order valence-corrected chi connectivity index (χ1v) is 6.46. The van der Waals surface area contributed by atoms with Crippen LogP contribution in [0.5, 0.6) is 0 Å². The lowest BCUT2D eigenvalue weighted by molar-refractivity contribution is 0.457. The fourth-order valence-corrected chi connectivity index (χ4v) is 2.49. The molecule has 4 N–H and O–H groups in total. The van der Waals surface area contributed by atoms with Crippen molar-refractivity contribution in [3.05, 3.63) is 22.4 Å². The van der Waals surface area contributed by atoms with Gasteiger partial charge in [0, 0.05) is 12.6 Å². The lowest BCUT2D eigenvalue weighted by Gasteiger charge is -2.30. The van der Waals surface area contributed by atoms with E-state index in [1.165, 1.54) is 17.2 Å². The first kappa shape index (κ1) is 12.2. The SMILES string of the molecule is Cc1nc(NC(C)(CN)C2CC2)cc2n[nH]c(=O)n12. The standard InChI is InChI=1S/C12H18N6O/c1-7-14-9(5-10-16-17-11(19)18(7)10)15-12(2,6-13)8-3-4-8/h5,8,15H,3-4,6,13H2,1-2H3,(H,17,19). The molecule has 1 atom stereocenters. The molecule has 2 aromatic rings. The maximum atomic E-state index is 11.5. The molecule has 0 aliphatic heterocycles. The van der Waals surface area contributed by atoms with Crippen LogP contribution in [0, 0.1) is 12.8 Å². The summed E-state index contributed by atoms with van der Waals surface area (Å²) in [6.07, 6.45) is 2.40. The molecular formula is C12H18N6O. The van der Waals surface area contributed by atoms with Gasteiger partial charge in [0.2, 0.25) is 0 Å². The molecule has 2 aromatic heterocycles. The second kappa shape index (κ2) is 4.06. The second-order valence-corrected chi connectivity index (χ2v) is 5.43. The highest BCUT2D eigenvalue weighted by molar-refractivity contribution is 5.51. The average Bonchev–Trinajstić information content (AvgIpc) is 3.15. The Balaban J connectivity index is 1.99. The number of aromatic amines is 1. The number of hydrogen-bond acceptors (Lipinski definition) is 5. The third kappa shape index (κ3) is 1.99. The van der Waals surface area contributed by atoms with Crippen molar-refractivity contribution in [2.24, 2.45) is 11.7 Å². The Morgan fingerprint density at radius 2 is 2.37 bits per heavy atom. The summed E-state index contributed by atoms with van der Waals surface area (Å²) in [4.78, 5) is 15.9. The maximum Gasteiger partial charge on any atom is 0.349 e. The maximum absolute atomic E-state index is 11.5. The first-order chi connectivity index (χ1) is 9.03. The summed E-state index contributed by atoms with van der Waals surface area (Å²) in [5, 5.41) is 9.80. The van der Waals surface area contributed by atoms with Crippen LogP contribution in [-0.2, 0) is 0 Å². The molecule has 2 heterocycles. The molecule has 1 aliphatic rings. The number of H-pyrrole nitrogens is 1. The van der Waals surface area contributed by atoms with E-state index in [-0.39, 0.29) is 11.2 Å². The summed E-state index contributed by atoms with van der Waals surface area (Å²) in [5.41, 5.74) is 6.04. The van der Waals surface area contributed by atoms with Gasteiger partial charge in [-0.2, -0.15) is 5.10 Å². The smallest absolute Gasteiger partial charge is 0.349 e. The third-order valence-corrected chi connectivity index (χ3v) is 3.89. The Bertz CT molecular complexity index is 670. The minimum atomic E-state index is -0.268. The quantitative estimate of drug-likeness (QED) is 0.734. The van der Waals surface area contributed by atoms with Gasteiger partial charge < -0.3 is 11.1 Å². The van der Waals surface area contributed by atoms with E-state index in [1.54, 1.807) is 13.0 Å². The van der Waals surface area contributed by atoms with E-state index in [0.717, 1.165) is 0 Å². The second-order valence-electron chi connectivity index (χ2n) is 5.43. The Kier molecular flexibility index (Phi) is 2.60.